The van der Waals surface area contributed by atoms with Crippen molar-refractivity contribution in [2.24, 2.45) is 5.73 Å². The minimum atomic E-state index is -0.717. The summed E-state index contributed by atoms with van der Waals surface area (Å²) in [6.45, 7) is 3.54. The Morgan fingerprint density at radius 3 is 2.68 bits per heavy atom. The molecule has 1 aromatic rings. The number of amides is 1. The highest BCUT2D eigenvalue weighted by Crippen LogP contribution is 2.21. The third kappa shape index (κ3) is 5.01. The average Bonchev–Trinajstić information content (AvgIpc) is 2.28. The van der Waals surface area contributed by atoms with Crippen LogP contribution < -0.4 is 11.1 Å². The van der Waals surface area contributed by atoms with Crippen LogP contribution in [0.15, 0.2) is 18.2 Å². The van der Waals surface area contributed by atoms with Crippen molar-refractivity contribution < 1.29 is 14.1 Å². The molecule has 104 valence electrons. The van der Waals surface area contributed by atoms with Crippen molar-refractivity contribution in [3.05, 3.63) is 34.1 Å². The van der Waals surface area contributed by atoms with E-state index in [1.165, 1.54) is 0 Å². The molecule has 0 aromatic heterocycles. The van der Waals surface area contributed by atoms with E-state index in [0.29, 0.717) is 6.42 Å². The Morgan fingerprint density at radius 2 is 2.16 bits per heavy atom. The number of nitrogens with one attached hydrogen (secondary N) is 1. The second-order valence-electron chi connectivity index (χ2n) is 4.96. The van der Waals surface area contributed by atoms with Crippen LogP contribution in [0.5, 0.6) is 0 Å². The van der Waals surface area contributed by atoms with Gasteiger partial charge >= 0.3 is 0 Å². The molecule has 1 aromatic carbocycles. The molecule has 0 saturated carbocycles. The van der Waals surface area contributed by atoms with Crippen LogP contribution in [0.2, 0.25) is 0 Å². The molecular weight excluding hydrogens is 253 g/mol. The highest BCUT2D eigenvalue weighted by molar-refractivity contribution is 5.91. The van der Waals surface area contributed by atoms with Gasteiger partial charge in [-0.25, -0.2) is 4.39 Å². The lowest BCUT2D eigenvalue weighted by atomic mass is 10.00. The predicted molar refractivity (Wildman–Crippen MR) is 69.2 cm³/mol. The number of carbonyl (C=O) groups excluding carboxylic acids is 1. The number of carbonyl (C=O) groups is 1. The number of hydrogen-bond acceptors (Lipinski definition) is 4. The standard InChI is InChI=1S/C12H16FN3O3/c1-12(2,14)6-5-11(17)15-10-7-8(16(18)19)3-4-9(10)13/h3-4,7H,5-6,14H2,1-2H3,(H,15,17). The van der Waals surface area contributed by atoms with Crippen molar-refractivity contribution in [1.82, 2.24) is 0 Å². The lowest BCUT2D eigenvalue weighted by Crippen LogP contribution is -2.33. The lowest BCUT2D eigenvalue weighted by molar-refractivity contribution is -0.384. The highest BCUT2D eigenvalue weighted by Gasteiger charge is 2.16. The van der Waals surface area contributed by atoms with Crippen molar-refractivity contribution in [3.63, 3.8) is 0 Å². The molecule has 0 fully saturated rings. The molecule has 0 aliphatic heterocycles. The van der Waals surface area contributed by atoms with E-state index in [1.807, 2.05) is 0 Å². The van der Waals surface area contributed by atoms with Gasteiger partial charge in [-0.05, 0) is 26.3 Å². The summed E-state index contributed by atoms with van der Waals surface area (Å²) in [6.07, 6.45) is 0.543. The first-order valence-electron chi connectivity index (χ1n) is 5.72. The molecule has 1 amide bonds. The van der Waals surface area contributed by atoms with E-state index in [0.717, 1.165) is 18.2 Å². The smallest absolute Gasteiger partial charge is 0.271 e. The molecule has 1 rings (SSSR count). The predicted octanol–water partition coefficient (Wildman–Crippen LogP) is 2.19. The Hall–Kier alpha value is -2.02. The molecule has 0 radical (unpaired) electrons. The first-order chi connectivity index (χ1) is 8.69. The van der Waals surface area contributed by atoms with E-state index in [9.17, 15) is 19.3 Å². The first kappa shape index (κ1) is 15.0. The third-order valence-electron chi connectivity index (χ3n) is 2.43. The van der Waals surface area contributed by atoms with Gasteiger partial charge in [0.15, 0.2) is 0 Å². The number of benzene rings is 1. The van der Waals surface area contributed by atoms with Gasteiger partial charge in [0.2, 0.25) is 5.91 Å². The molecule has 0 aliphatic rings. The quantitative estimate of drug-likeness (QED) is 0.632. The highest BCUT2D eigenvalue weighted by atomic mass is 19.1. The van der Waals surface area contributed by atoms with Crippen LogP contribution in [-0.2, 0) is 4.79 Å². The Kier molecular flexibility index (Phi) is 4.55. The van der Waals surface area contributed by atoms with Crippen molar-refractivity contribution >= 4 is 17.3 Å². The summed E-state index contributed by atoms with van der Waals surface area (Å²) in [7, 11) is 0. The maximum Gasteiger partial charge on any atom is 0.271 e. The molecule has 6 nitrogen and oxygen atoms in total. The summed E-state index contributed by atoms with van der Waals surface area (Å²) in [5.41, 5.74) is 4.74. The number of hydrogen-bond donors (Lipinski definition) is 2. The zero-order valence-electron chi connectivity index (χ0n) is 10.8. The second-order valence-corrected chi connectivity index (χ2v) is 4.96. The number of nitrogens with two attached hydrogens (primary N) is 1. The molecule has 0 spiro atoms. The topological polar surface area (TPSA) is 98.3 Å². The van der Waals surface area contributed by atoms with Gasteiger partial charge in [-0.3, -0.25) is 14.9 Å². The molecule has 7 heteroatoms. The number of nitro groups is 1. The number of rotatable bonds is 5. The van der Waals surface area contributed by atoms with Crippen molar-refractivity contribution in [3.8, 4) is 0 Å². The summed E-state index contributed by atoms with van der Waals surface area (Å²) in [5, 5.41) is 12.9. The molecule has 19 heavy (non-hydrogen) atoms. The maximum atomic E-state index is 13.4. The van der Waals surface area contributed by atoms with E-state index < -0.39 is 22.2 Å². The van der Waals surface area contributed by atoms with Gasteiger partial charge in [0, 0.05) is 24.1 Å². The fourth-order valence-electron chi connectivity index (χ4n) is 1.37. The van der Waals surface area contributed by atoms with Crippen LogP contribution in [0.3, 0.4) is 0 Å². The molecule has 0 unspecified atom stereocenters. The van der Waals surface area contributed by atoms with Crippen LogP contribution in [-0.4, -0.2) is 16.4 Å². The lowest BCUT2D eigenvalue weighted by Gasteiger charge is -2.17. The Labute approximate surface area is 109 Å². The molecule has 0 heterocycles. The van der Waals surface area contributed by atoms with Gasteiger partial charge in [0.25, 0.3) is 5.69 Å². The Bertz CT molecular complexity index is 497. The molecule has 0 saturated heterocycles. The Balaban J connectivity index is 2.73. The summed E-state index contributed by atoms with van der Waals surface area (Å²) in [4.78, 5) is 21.5. The fraction of sp³-hybridized carbons (Fsp3) is 0.417. The van der Waals surface area contributed by atoms with E-state index in [2.05, 4.69) is 5.32 Å². The first-order valence-corrected chi connectivity index (χ1v) is 5.72. The zero-order valence-corrected chi connectivity index (χ0v) is 10.8. The van der Waals surface area contributed by atoms with Crippen LogP contribution in [0.4, 0.5) is 15.8 Å². The minimum Gasteiger partial charge on any atom is -0.326 e. The number of nitro benzene ring substituents is 1. The number of halogens is 1. The number of non-ortho nitro benzene ring substituents is 1. The summed E-state index contributed by atoms with van der Waals surface area (Å²) in [6, 6.07) is 2.97. The van der Waals surface area contributed by atoms with Crippen LogP contribution in [0.25, 0.3) is 0 Å². The van der Waals surface area contributed by atoms with Crippen LogP contribution >= 0.6 is 0 Å². The number of anilines is 1. The Morgan fingerprint density at radius 1 is 1.53 bits per heavy atom. The van der Waals surface area contributed by atoms with Gasteiger partial charge < -0.3 is 11.1 Å². The minimum absolute atomic E-state index is 0.117. The molecule has 3 N–H and O–H groups in total. The molecule has 0 aliphatic carbocycles. The van der Waals surface area contributed by atoms with Crippen LogP contribution in [0, 0.1) is 15.9 Å². The van der Waals surface area contributed by atoms with E-state index in [4.69, 9.17) is 5.73 Å². The van der Waals surface area contributed by atoms with Gasteiger partial charge in [-0.15, -0.1) is 0 Å². The summed E-state index contributed by atoms with van der Waals surface area (Å²) >= 11 is 0. The van der Waals surface area contributed by atoms with E-state index in [1.54, 1.807) is 13.8 Å². The normalized spacial score (nSPS) is 11.2. The van der Waals surface area contributed by atoms with Gasteiger partial charge in [-0.2, -0.15) is 0 Å². The van der Waals surface area contributed by atoms with E-state index >= 15 is 0 Å². The van der Waals surface area contributed by atoms with Crippen molar-refractivity contribution in [2.75, 3.05) is 5.32 Å². The molecule has 0 atom stereocenters. The van der Waals surface area contributed by atoms with Gasteiger partial charge in [0.1, 0.15) is 5.82 Å². The number of nitrogens with zero attached hydrogens (tertiary/aromatic N) is 1. The summed E-state index contributed by atoms with van der Waals surface area (Å²) < 4.78 is 13.4. The summed E-state index contributed by atoms with van der Waals surface area (Å²) in [5.74, 6) is -1.15. The SMILES string of the molecule is CC(C)(N)CCC(=O)Nc1cc([N+](=O)[O-])ccc1F. The zero-order chi connectivity index (χ0) is 14.6. The second kappa shape index (κ2) is 5.75. The fourth-order valence-corrected chi connectivity index (χ4v) is 1.37. The molecular formula is C12H16FN3O3. The van der Waals surface area contributed by atoms with E-state index in [-0.39, 0.29) is 17.8 Å². The third-order valence-corrected chi connectivity index (χ3v) is 2.43. The van der Waals surface area contributed by atoms with Crippen molar-refractivity contribution in [1.29, 1.82) is 0 Å². The van der Waals surface area contributed by atoms with Gasteiger partial charge in [0.05, 0.1) is 10.6 Å². The maximum absolute atomic E-state index is 13.4. The largest absolute Gasteiger partial charge is 0.326 e. The van der Waals surface area contributed by atoms with Crippen LogP contribution in [0.1, 0.15) is 26.7 Å². The average molecular weight is 269 g/mol. The van der Waals surface area contributed by atoms with Crippen molar-refractivity contribution in [2.45, 2.75) is 32.2 Å². The van der Waals surface area contributed by atoms with Gasteiger partial charge in [-0.1, -0.05) is 0 Å². The monoisotopic (exact) mass is 269 g/mol. The molecule has 0 bridgehead atoms.